The Morgan fingerprint density at radius 1 is 1.11 bits per heavy atom. The van der Waals surface area contributed by atoms with E-state index in [4.69, 9.17) is 18.9 Å². The lowest BCUT2D eigenvalue weighted by atomic mass is 10.1. The first-order valence-corrected chi connectivity index (χ1v) is 11.6. The predicted molar refractivity (Wildman–Crippen MR) is 128 cm³/mol. The molecule has 0 bridgehead atoms. The Bertz CT molecular complexity index is 1020. The maximum Gasteiger partial charge on any atom is 0.246 e. The third-order valence-corrected chi connectivity index (χ3v) is 5.53. The van der Waals surface area contributed by atoms with Gasteiger partial charge in [-0.25, -0.2) is 9.37 Å². The Kier molecular flexibility index (Phi) is 8.68. The number of hydrogen-bond donors (Lipinski definition) is 2. The van der Waals surface area contributed by atoms with E-state index in [1.54, 1.807) is 23.1 Å². The van der Waals surface area contributed by atoms with Crippen LogP contribution in [0, 0.1) is 5.82 Å². The second-order valence-electron chi connectivity index (χ2n) is 8.07. The molecule has 0 unspecified atom stereocenters. The Balaban J connectivity index is 1.44. The number of piperidine rings is 1. The summed E-state index contributed by atoms with van der Waals surface area (Å²) in [7, 11) is 0. The number of rotatable bonds is 5. The largest absolute Gasteiger partial charge is 0.487 e. The quantitative estimate of drug-likeness (QED) is 0.616. The molecule has 0 spiro atoms. The molecular weight excluding hydrogens is 457 g/mol. The Hall–Kier alpha value is -3.44. The summed E-state index contributed by atoms with van der Waals surface area (Å²) in [6.45, 7) is 7.27. The van der Waals surface area contributed by atoms with Crippen LogP contribution in [0.15, 0.2) is 37.1 Å². The van der Waals surface area contributed by atoms with Crippen LogP contribution in [0.3, 0.4) is 0 Å². The summed E-state index contributed by atoms with van der Waals surface area (Å²) in [5.41, 5.74) is 0.648. The summed E-state index contributed by atoms with van der Waals surface area (Å²) in [5, 5.41) is 6.19. The van der Waals surface area contributed by atoms with Gasteiger partial charge in [0, 0.05) is 30.9 Å². The van der Waals surface area contributed by atoms with Crippen LogP contribution in [0.1, 0.15) is 12.8 Å². The number of carbonyl (C=O) groups is 1. The normalized spacial score (nSPS) is 19.1. The van der Waals surface area contributed by atoms with Crippen molar-refractivity contribution < 1.29 is 28.1 Å². The number of amides is 1. The molecule has 2 aliphatic rings. The highest BCUT2D eigenvalue weighted by molar-refractivity contribution is 5.87. The van der Waals surface area contributed by atoms with Crippen molar-refractivity contribution >= 4 is 23.4 Å². The molecule has 0 saturated carbocycles. The number of aromatic nitrogens is 2. The van der Waals surface area contributed by atoms with Gasteiger partial charge in [0.1, 0.15) is 13.2 Å². The van der Waals surface area contributed by atoms with Gasteiger partial charge < -0.3 is 34.5 Å². The third-order valence-electron chi connectivity index (χ3n) is 5.53. The molecule has 2 N–H and O–H groups in total. The molecule has 1 saturated heterocycles. The highest BCUT2D eigenvalue weighted by atomic mass is 19.1. The molecule has 10 nitrogen and oxygen atoms in total. The first kappa shape index (κ1) is 24.7. The van der Waals surface area contributed by atoms with Crippen LogP contribution in [0.25, 0.3) is 0 Å². The number of nitrogens with zero attached hydrogens (tertiary/aromatic N) is 3. The van der Waals surface area contributed by atoms with E-state index >= 15 is 0 Å². The summed E-state index contributed by atoms with van der Waals surface area (Å²) in [6.07, 6.45) is 4.01. The molecule has 0 radical (unpaired) electrons. The van der Waals surface area contributed by atoms with Crippen LogP contribution in [-0.2, 0) is 14.3 Å². The summed E-state index contributed by atoms with van der Waals surface area (Å²) in [4.78, 5) is 22.0. The molecule has 35 heavy (non-hydrogen) atoms. The van der Waals surface area contributed by atoms with Gasteiger partial charge in [0.25, 0.3) is 0 Å². The van der Waals surface area contributed by atoms with Gasteiger partial charge in [0.05, 0.1) is 32.6 Å². The van der Waals surface area contributed by atoms with Crippen LogP contribution < -0.4 is 20.1 Å². The second kappa shape index (κ2) is 12.3. The number of fused-ring (bicyclic) bond motifs is 1. The van der Waals surface area contributed by atoms with Crippen molar-refractivity contribution in [2.24, 2.45) is 0 Å². The molecule has 1 atom stereocenters. The van der Waals surface area contributed by atoms with Crippen molar-refractivity contribution in [3.8, 4) is 11.5 Å². The maximum atomic E-state index is 14.5. The molecule has 1 fully saturated rings. The zero-order chi connectivity index (χ0) is 24.5. The highest BCUT2D eigenvalue weighted by Crippen LogP contribution is 2.32. The lowest BCUT2D eigenvalue weighted by Crippen LogP contribution is -2.44. The van der Waals surface area contributed by atoms with Crippen molar-refractivity contribution in [2.45, 2.75) is 18.9 Å². The van der Waals surface area contributed by atoms with Crippen LogP contribution in [-0.4, -0.2) is 79.5 Å². The summed E-state index contributed by atoms with van der Waals surface area (Å²) in [6, 6.07) is 5.21. The van der Waals surface area contributed by atoms with E-state index < -0.39 is 5.82 Å². The molecule has 2 aliphatic heterocycles. The highest BCUT2D eigenvalue weighted by Gasteiger charge is 2.23. The van der Waals surface area contributed by atoms with Crippen molar-refractivity contribution in [3.63, 3.8) is 0 Å². The Morgan fingerprint density at radius 2 is 1.86 bits per heavy atom. The van der Waals surface area contributed by atoms with E-state index in [1.807, 2.05) is 0 Å². The summed E-state index contributed by atoms with van der Waals surface area (Å²) < 4.78 is 37.0. The predicted octanol–water partition coefficient (Wildman–Crippen LogP) is 2.75. The average molecular weight is 488 g/mol. The number of halogens is 1. The van der Waals surface area contributed by atoms with Crippen LogP contribution in [0.5, 0.6) is 11.5 Å². The van der Waals surface area contributed by atoms with Crippen molar-refractivity contribution in [1.82, 2.24) is 14.9 Å². The molecule has 1 amide bonds. The fraction of sp³-hybridized carbons (Fsp3) is 0.458. The van der Waals surface area contributed by atoms with Gasteiger partial charge >= 0.3 is 0 Å². The molecule has 188 valence electrons. The van der Waals surface area contributed by atoms with E-state index in [9.17, 15) is 9.18 Å². The first-order valence-electron chi connectivity index (χ1n) is 11.6. The first-order chi connectivity index (χ1) is 17.1. The number of nitrogens with one attached hydrogen (secondary N) is 2. The number of benzene rings is 1. The monoisotopic (exact) mass is 487 g/mol. The number of likely N-dealkylation sites (tertiary alicyclic amines) is 1. The lowest BCUT2D eigenvalue weighted by molar-refractivity contribution is -0.127. The average Bonchev–Trinajstić information content (AvgIpc) is 2.86. The molecule has 2 aromatic rings. The smallest absolute Gasteiger partial charge is 0.246 e. The van der Waals surface area contributed by atoms with E-state index in [-0.39, 0.29) is 23.7 Å². The number of hydrogen-bond acceptors (Lipinski definition) is 9. The number of carbonyl (C=O) groups excluding carboxylic acids is 1. The maximum absolute atomic E-state index is 14.5. The van der Waals surface area contributed by atoms with E-state index in [2.05, 4.69) is 27.2 Å². The molecule has 11 heteroatoms. The van der Waals surface area contributed by atoms with Crippen molar-refractivity contribution in [3.05, 3.63) is 42.9 Å². The third kappa shape index (κ3) is 7.03. The van der Waals surface area contributed by atoms with Gasteiger partial charge in [-0.2, -0.15) is 4.98 Å². The van der Waals surface area contributed by atoms with E-state index in [0.717, 1.165) is 19.0 Å². The minimum atomic E-state index is -0.570. The zero-order valence-electron chi connectivity index (χ0n) is 19.5. The molecule has 4 rings (SSSR count). The minimum absolute atomic E-state index is 0.0726. The van der Waals surface area contributed by atoms with Crippen LogP contribution in [0.2, 0.25) is 0 Å². The van der Waals surface area contributed by atoms with E-state index in [0.29, 0.717) is 69.9 Å². The fourth-order valence-corrected chi connectivity index (χ4v) is 3.84. The molecular formula is C24H30FN5O5. The van der Waals surface area contributed by atoms with Crippen LogP contribution in [0.4, 0.5) is 21.8 Å². The topological polar surface area (TPSA) is 107 Å². The molecule has 0 aliphatic carbocycles. The van der Waals surface area contributed by atoms with Gasteiger partial charge in [-0.05, 0) is 31.1 Å². The van der Waals surface area contributed by atoms with E-state index in [1.165, 1.54) is 6.08 Å². The van der Waals surface area contributed by atoms with Gasteiger partial charge in [-0.1, -0.05) is 6.58 Å². The van der Waals surface area contributed by atoms with Gasteiger partial charge in [0.15, 0.2) is 23.1 Å². The summed E-state index contributed by atoms with van der Waals surface area (Å²) in [5.74, 6) is 0.702. The molecule has 3 heterocycles. The van der Waals surface area contributed by atoms with Crippen LogP contribution >= 0.6 is 0 Å². The van der Waals surface area contributed by atoms with Crippen molar-refractivity contribution in [1.29, 1.82) is 0 Å². The van der Waals surface area contributed by atoms with Gasteiger partial charge in [0.2, 0.25) is 11.9 Å². The standard InChI is InChI=1S/C24H30FN5O5/c1-2-22(31)30-7-3-4-18(16-30)27-23-19(25)15-26-24(29-23)28-17-5-6-20-21(14-17)35-13-11-33-9-8-32-10-12-34-20/h2,5-6,14-15,18H,1,3-4,7-13,16H2,(H2,26,27,28,29)/t18-/m0/s1. The Morgan fingerprint density at radius 3 is 2.63 bits per heavy atom. The number of ether oxygens (including phenoxy) is 4. The Labute approximate surface area is 203 Å². The summed E-state index contributed by atoms with van der Waals surface area (Å²) >= 11 is 0. The number of anilines is 3. The fourth-order valence-electron chi connectivity index (χ4n) is 3.84. The second-order valence-corrected chi connectivity index (χ2v) is 8.07. The van der Waals surface area contributed by atoms with Gasteiger partial charge in [-0.3, -0.25) is 4.79 Å². The zero-order valence-corrected chi connectivity index (χ0v) is 19.5. The molecule has 1 aromatic heterocycles. The van der Waals surface area contributed by atoms with Gasteiger partial charge in [-0.15, -0.1) is 0 Å². The molecule has 1 aromatic carbocycles. The van der Waals surface area contributed by atoms with Crippen molar-refractivity contribution in [2.75, 3.05) is 63.4 Å². The SMILES string of the molecule is C=CC(=O)N1CCC[C@H](Nc2nc(Nc3ccc4c(c3)OCCOCCOCCO4)ncc2F)C1. The lowest BCUT2D eigenvalue weighted by Gasteiger charge is -2.32. The minimum Gasteiger partial charge on any atom is -0.487 e.